The van der Waals surface area contributed by atoms with Gasteiger partial charge in [-0.2, -0.15) is 9.97 Å². The van der Waals surface area contributed by atoms with E-state index in [0.29, 0.717) is 23.5 Å². The molecule has 2 aliphatic rings. The Balaban J connectivity index is 1.37. The lowest BCUT2D eigenvalue weighted by atomic mass is 9.83. The molecule has 5 rings (SSSR count). The summed E-state index contributed by atoms with van der Waals surface area (Å²) >= 11 is 0. The number of methoxy groups -OCH3 is 1. The summed E-state index contributed by atoms with van der Waals surface area (Å²) in [5.41, 5.74) is 3.41. The van der Waals surface area contributed by atoms with Gasteiger partial charge in [0.1, 0.15) is 11.3 Å². The average Bonchev–Trinajstić information content (AvgIpc) is 3.34. The lowest BCUT2D eigenvalue weighted by Crippen LogP contribution is -2.43. The molecule has 0 unspecified atom stereocenters. The van der Waals surface area contributed by atoms with E-state index in [9.17, 15) is 0 Å². The maximum absolute atomic E-state index is 5.77. The second-order valence-corrected chi connectivity index (χ2v) is 9.84. The second kappa shape index (κ2) is 10.3. The maximum Gasteiger partial charge on any atom is 0.231 e. The fourth-order valence-corrected chi connectivity index (χ4v) is 4.77. The summed E-state index contributed by atoms with van der Waals surface area (Å²) in [6.07, 6.45) is 3.52. The molecule has 2 aromatic heterocycles. The molecule has 3 N–H and O–H groups in total. The molecule has 0 amide bonds. The zero-order valence-electron chi connectivity index (χ0n) is 20.8. The van der Waals surface area contributed by atoms with Crippen LogP contribution >= 0.6 is 0 Å². The molecule has 4 heterocycles. The Labute approximate surface area is 205 Å². The van der Waals surface area contributed by atoms with Crippen molar-refractivity contribution in [2.45, 2.75) is 38.1 Å². The molecule has 10 nitrogen and oxygen atoms in total. The van der Waals surface area contributed by atoms with Crippen LogP contribution in [-0.2, 0) is 14.9 Å². The number of ether oxygens (including phenoxy) is 3. The fourth-order valence-electron chi connectivity index (χ4n) is 4.77. The van der Waals surface area contributed by atoms with Crippen molar-refractivity contribution in [1.29, 1.82) is 0 Å². The summed E-state index contributed by atoms with van der Waals surface area (Å²) in [6, 6.07) is 6.61. The Morgan fingerprint density at radius 1 is 1.11 bits per heavy atom. The Bertz CT molecular complexity index is 1140. The number of morpholine rings is 1. The highest BCUT2D eigenvalue weighted by Gasteiger charge is 2.26. The van der Waals surface area contributed by atoms with Gasteiger partial charge in [-0.15, -0.1) is 0 Å². The number of fused-ring (bicyclic) bond motifs is 1. The molecule has 0 saturated carbocycles. The summed E-state index contributed by atoms with van der Waals surface area (Å²) in [5.74, 6) is 1.95. The summed E-state index contributed by atoms with van der Waals surface area (Å²) in [7, 11) is 1.69. The molecule has 35 heavy (non-hydrogen) atoms. The molecule has 0 atom stereocenters. The number of aromatic nitrogens is 4. The lowest BCUT2D eigenvalue weighted by molar-refractivity contribution is 0.0295. The van der Waals surface area contributed by atoms with E-state index in [4.69, 9.17) is 19.2 Å². The molecule has 10 heteroatoms. The van der Waals surface area contributed by atoms with Gasteiger partial charge in [0.15, 0.2) is 11.5 Å². The number of rotatable bonds is 8. The number of H-pyrrole nitrogens is 1. The van der Waals surface area contributed by atoms with Crippen molar-refractivity contribution in [2.24, 2.45) is 0 Å². The number of hydrogen-bond donors (Lipinski definition) is 3. The van der Waals surface area contributed by atoms with Gasteiger partial charge in [0.25, 0.3) is 0 Å². The van der Waals surface area contributed by atoms with Crippen LogP contribution in [0.15, 0.2) is 24.5 Å². The predicted octanol–water partition coefficient (Wildman–Crippen LogP) is 3.31. The minimum absolute atomic E-state index is 0.0325. The molecule has 2 fully saturated rings. The van der Waals surface area contributed by atoms with Gasteiger partial charge in [-0.25, -0.2) is 4.98 Å². The van der Waals surface area contributed by atoms with Crippen molar-refractivity contribution in [3.8, 4) is 5.75 Å². The van der Waals surface area contributed by atoms with E-state index in [1.54, 1.807) is 13.4 Å². The quantitative estimate of drug-likeness (QED) is 0.446. The number of hydrogen-bond acceptors (Lipinski definition) is 9. The van der Waals surface area contributed by atoms with Gasteiger partial charge in [0.2, 0.25) is 5.95 Å². The molecular weight excluding hydrogens is 446 g/mol. The van der Waals surface area contributed by atoms with E-state index < -0.39 is 0 Å². The van der Waals surface area contributed by atoms with Crippen LogP contribution in [0.1, 0.15) is 32.3 Å². The number of nitrogens with zero attached hydrogens (tertiary/aromatic N) is 4. The Kier molecular flexibility index (Phi) is 7.03. The molecule has 0 spiro atoms. The highest BCUT2D eigenvalue weighted by molar-refractivity contribution is 5.84. The summed E-state index contributed by atoms with van der Waals surface area (Å²) in [4.78, 5) is 19.4. The van der Waals surface area contributed by atoms with E-state index in [0.717, 1.165) is 75.9 Å². The Morgan fingerprint density at radius 3 is 2.66 bits per heavy atom. The minimum atomic E-state index is -0.0325. The first-order chi connectivity index (χ1) is 17.0. The third kappa shape index (κ3) is 5.50. The molecule has 2 saturated heterocycles. The van der Waals surface area contributed by atoms with Gasteiger partial charge in [0.05, 0.1) is 32.3 Å². The summed E-state index contributed by atoms with van der Waals surface area (Å²) in [5, 5.41) is 6.89. The largest absolute Gasteiger partial charge is 0.495 e. The van der Waals surface area contributed by atoms with Crippen molar-refractivity contribution < 1.29 is 14.2 Å². The smallest absolute Gasteiger partial charge is 0.231 e. The van der Waals surface area contributed by atoms with Crippen LogP contribution in [0.25, 0.3) is 11.2 Å². The molecule has 0 radical (unpaired) electrons. The van der Waals surface area contributed by atoms with E-state index in [1.165, 1.54) is 5.56 Å². The molecular formula is C25H35N7O3. The third-order valence-electron chi connectivity index (χ3n) is 6.79. The number of benzene rings is 1. The predicted molar refractivity (Wildman–Crippen MR) is 136 cm³/mol. The molecule has 188 valence electrons. The van der Waals surface area contributed by atoms with Crippen LogP contribution in [-0.4, -0.2) is 84.0 Å². The standard InChI is InChI=1S/C25H35N7O3/c1-25(2,15-32-8-12-35-13-9-32)17-4-5-19(20(14-17)33-3)29-24-30-22-21(26-16-27-22)23(31-24)28-18-6-10-34-11-7-18/h4-5,14,16,18H,6-13,15H2,1-3H3,(H3,26,27,28,29,30,31). The summed E-state index contributed by atoms with van der Waals surface area (Å²) in [6.45, 7) is 10.6. The van der Waals surface area contributed by atoms with Gasteiger partial charge in [-0.3, -0.25) is 4.90 Å². The van der Waals surface area contributed by atoms with Crippen LogP contribution in [0.5, 0.6) is 5.75 Å². The molecule has 2 aliphatic heterocycles. The topological polar surface area (TPSA) is 109 Å². The van der Waals surface area contributed by atoms with Crippen molar-refractivity contribution in [2.75, 3.05) is 63.8 Å². The van der Waals surface area contributed by atoms with Crippen LogP contribution in [0.2, 0.25) is 0 Å². The monoisotopic (exact) mass is 481 g/mol. The third-order valence-corrected chi connectivity index (χ3v) is 6.79. The van der Waals surface area contributed by atoms with Crippen LogP contribution in [0.4, 0.5) is 17.5 Å². The zero-order chi connectivity index (χ0) is 24.3. The zero-order valence-corrected chi connectivity index (χ0v) is 20.8. The van der Waals surface area contributed by atoms with Gasteiger partial charge in [-0.05, 0) is 30.5 Å². The Morgan fingerprint density at radius 2 is 1.89 bits per heavy atom. The summed E-state index contributed by atoms with van der Waals surface area (Å²) < 4.78 is 16.8. The minimum Gasteiger partial charge on any atom is -0.495 e. The number of anilines is 3. The van der Waals surface area contributed by atoms with Gasteiger partial charge < -0.3 is 29.8 Å². The first kappa shape index (κ1) is 23.8. The molecule has 0 bridgehead atoms. The van der Waals surface area contributed by atoms with Crippen molar-refractivity contribution in [3.63, 3.8) is 0 Å². The SMILES string of the molecule is COc1cc(C(C)(C)CN2CCOCC2)ccc1Nc1nc(NC2CCOCC2)c2nc[nH]c2n1. The van der Waals surface area contributed by atoms with Crippen molar-refractivity contribution in [1.82, 2.24) is 24.8 Å². The van der Waals surface area contributed by atoms with Crippen LogP contribution in [0.3, 0.4) is 0 Å². The first-order valence-electron chi connectivity index (χ1n) is 12.3. The Hall–Kier alpha value is -2.95. The van der Waals surface area contributed by atoms with Gasteiger partial charge >= 0.3 is 0 Å². The lowest BCUT2D eigenvalue weighted by Gasteiger charge is -2.35. The van der Waals surface area contributed by atoms with Crippen LogP contribution in [0, 0.1) is 0 Å². The second-order valence-electron chi connectivity index (χ2n) is 9.84. The molecule has 0 aliphatic carbocycles. The van der Waals surface area contributed by atoms with Gasteiger partial charge in [0, 0.05) is 44.3 Å². The first-order valence-corrected chi connectivity index (χ1v) is 12.3. The fraction of sp³-hybridized carbons (Fsp3) is 0.560. The maximum atomic E-state index is 5.77. The van der Waals surface area contributed by atoms with Crippen molar-refractivity contribution >= 4 is 28.6 Å². The highest BCUT2D eigenvalue weighted by atomic mass is 16.5. The highest BCUT2D eigenvalue weighted by Crippen LogP contribution is 2.34. The van der Waals surface area contributed by atoms with E-state index >= 15 is 0 Å². The van der Waals surface area contributed by atoms with Gasteiger partial charge in [-0.1, -0.05) is 19.9 Å². The molecule has 1 aromatic carbocycles. The average molecular weight is 482 g/mol. The van der Waals surface area contributed by atoms with Crippen molar-refractivity contribution in [3.05, 3.63) is 30.1 Å². The number of aromatic amines is 1. The van der Waals surface area contributed by atoms with E-state index in [-0.39, 0.29) is 5.41 Å². The number of imidazole rings is 1. The number of nitrogens with one attached hydrogen (secondary N) is 3. The van der Waals surface area contributed by atoms with E-state index in [2.05, 4.69) is 56.5 Å². The normalized spacial score (nSPS) is 18.0. The van der Waals surface area contributed by atoms with Crippen LogP contribution < -0.4 is 15.4 Å². The molecule has 3 aromatic rings. The van der Waals surface area contributed by atoms with E-state index in [1.807, 2.05) is 6.07 Å².